The van der Waals surface area contributed by atoms with Gasteiger partial charge in [0.05, 0.1) is 0 Å². The molecule has 2 fully saturated rings. The third-order valence-corrected chi connectivity index (χ3v) is 6.12. The molecule has 0 saturated heterocycles. The first-order valence-corrected chi connectivity index (χ1v) is 9.21. The number of Topliss-reactive ketones (excluding diaryl/α,β-unsaturated/α-hetero) is 1. The van der Waals surface area contributed by atoms with Crippen LogP contribution < -0.4 is 0 Å². The van der Waals surface area contributed by atoms with E-state index in [2.05, 4.69) is 6.92 Å². The van der Waals surface area contributed by atoms with Crippen molar-refractivity contribution in [1.29, 1.82) is 0 Å². The van der Waals surface area contributed by atoms with E-state index in [1.54, 1.807) is 6.92 Å². The highest BCUT2D eigenvalue weighted by Crippen LogP contribution is 2.42. The Balaban J connectivity index is 1.65. The maximum Gasteiger partial charge on any atom is 0.132 e. The summed E-state index contributed by atoms with van der Waals surface area (Å²) in [6.07, 6.45) is 16.7. The minimum absolute atomic E-state index is 0.400. The van der Waals surface area contributed by atoms with Gasteiger partial charge in [-0.25, -0.2) is 0 Å². The molecule has 0 radical (unpaired) electrons. The van der Waals surface area contributed by atoms with Crippen LogP contribution in [0.25, 0.3) is 0 Å². The van der Waals surface area contributed by atoms with Gasteiger partial charge in [-0.05, 0) is 63.2 Å². The number of hydrogen-bond acceptors (Lipinski definition) is 1. The van der Waals surface area contributed by atoms with Crippen LogP contribution in [-0.2, 0) is 4.79 Å². The molecule has 0 aromatic carbocycles. The molecule has 0 aromatic rings. The lowest BCUT2D eigenvalue weighted by atomic mass is 9.68. The second-order valence-electron chi connectivity index (χ2n) is 7.50. The number of carbonyl (C=O) groups is 1. The van der Waals surface area contributed by atoms with Crippen LogP contribution in [0.4, 0.5) is 0 Å². The average molecular weight is 278 g/mol. The van der Waals surface area contributed by atoms with E-state index in [0.717, 1.165) is 17.8 Å². The minimum Gasteiger partial charge on any atom is -0.300 e. The van der Waals surface area contributed by atoms with E-state index in [9.17, 15) is 4.79 Å². The van der Waals surface area contributed by atoms with E-state index >= 15 is 0 Å². The molecule has 1 heteroatoms. The van der Waals surface area contributed by atoms with Gasteiger partial charge in [-0.2, -0.15) is 0 Å². The van der Waals surface area contributed by atoms with Crippen LogP contribution in [0.5, 0.6) is 0 Å². The average Bonchev–Trinajstić information content (AvgIpc) is 2.48. The molecule has 0 bridgehead atoms. The van der Waals surface area contributed by atoms with Crippen molar-refractivity contribution in [3.8, 4) is 0 Å². The van der Waals surface area contributed by atoms with Gasteiger partial charge in [0.25, 0.3) is 0 Å². The predicted molar refractivity (Wildman–Crippen MR) is 85.7 cm³/mol. The Hall–Kier alpha value is -0.330. The van der Waals surface area contributed by atoms with Crippen molar-refractivity contribution in [2.75, 3.05) is 0 Å². The molecule has 0 amide bonds. The summed E-state index contributed by atoms with van der Waals surface area (Å²) in [5.74, 6) is 3.80. The van der Waals surface area contributed by atoms with Crippen molar-refractivity contribution < 1.29 is 4.79 Å². The first kappa shape index (κ1) is 16.0. The molecule has 0 aromatic heterocycles. The number of ketones is 1. The molecule has 0 heterocycles. The molecule has 20 heavy (non-hydrogen) atoms. The van der Waals surface area contributed by atoms with Crippen LogP contribution in [-0.4, -0.2) is 5.78 Å². The number of unbranched alkanes of at least 4 members (excludes halogenated alkanes) is 2. The highest BCUT2D eigenvalue weighted by molar-refractivity contribution is 5.78. The van der Waals surface area contributed by atoms with Crippen LogP contribution in [0.1, 0.15) is 90.9 Å². The van der Waals surface area contributed by atoms with E-state index in [1.807, 2.05) is 0 Å². The van der Waals surface area contributed by atoms with Crippen LogP contribution in [0.15, 0.2) is 0 Å². The predicted octanol–water partition coefficient (Wildman–Crippen LogP) is 5.77. The van der Waals surface area contributed by atoms with Gasteiger partial charge >= 0.3 is 0 Å². The molecule has 116 valence electrons. The van der Waals surface area contributed by atoms with Gasteiger partial charge in [-0.15, -0.1) is 0 Å². The van der Waals surface area contributed by atoms with E-state index in [0.29, 0.717) is 11.7 Å². The van der Waals surface area contributed by atoms with Crippen molar-refractivity contribution in [3.05, 3.63) is 0 Å². The molecule has 0 N–H and O–H groups in total. The van der Waals surface area contributed by atoms with Gasteiger partial charge in [0.1, 0.15) is 5.78 Å². The van der Waals surface area contributed by atoms with Gasteiger partial charge in [0.2, 0.25) is 0 Å². The second-order valence-corrected chi connectivity index (χ2v) is 7.50. The monoisotopic (exact) mass is 278 g/mol. The first-order chi connectivity index (χ1) is 9.70. The molecule has 0 spiro atoms. The van der Waals surface area contributed by atoms with Crippen molar-refractivity contribution in [1.82, 2.24) is 0 Å². The number of carbonyl (C=O) groups excluding carboxylic acids is 1. The Labute approximate surface area is 125 Å². The van der Waals surface area contributed by atoms with Gasteiger partial charge in [0.15, 0.2) is 0 Å². The zero-order chi connectivity index (χ0) is 14.4. The molecule has 2 rings (SSSR count). The Morgan fingerprint density at radius 2 is 1.40 bits per heavy atom. The molecule has 1 nitrogen and oxygen atoms in total. The smallest absolute Gasteiger partial charge is 0.132 e. The summed E-state index contributed by atoms with van der Waals surface area (Å²) in [6, 6.07) is 0. The fourth-order valence-corrected chi connectivity index (χ4v) is 4.63. The van der Waals surface area contributed by atoms with Crippen LogP contribution in [0, 0.1) is 23.7 Å². The summed E-state index contributed by atoms with van der Waals surface area (Å²) < 4.78 is 0. The lowest BCUT2D eigenvalue weighted by Gasteiger charge is -2.37. The van der Waals surface area contributed by atoms with E-state index in [4.69, 9.17) is 0 Å². The fraction of sp³-hybridized carbons (Fsp3) is 0.947. The fourth-order valence-electron chi connectivity index (χ4n) is 4.63. The maximum absolute atomic E-state index is 11.4. The van der Waals surface area contributed by atoms with Crippen LogP contribution in [0.3, 0.4) is 0 Å². The van der Waals surface area contributed by atoms with Crippen molar-refractivity contribution in [2.45, 2.75) is 90.9 Å². The number of rotatable bonds is 6. The number of hydrogen-bond donors (Lipinski definition) is 0. The zero-order valence-electron chi connectivity index (χ0n) is 13.7. The molecular weight excluding hydrogens is 244 g/mol. The first-order valence-electron chi connectivity index (χ1n) is 9.21. The highest BCUT2D eigenvalue weighted by Gasteiger charge is 2.31. The molecule has 0 unspecified atom stereocenters. The molecular formula is C19H34O. The Bertz CT molecular complexity index is 280. The second kappa shape index (κ2) is 8.20. The molecule has 2 saturated carbocycles. The highest BCUT2D eigenvalue weighted by atomic mass is 16.1. The van der Waals surface area contributed by atoms with Crippen molar-refractivity contribution >= 4 is 5.78 Å². The summed E-state index contributed by atoms with van der Waals surface area (Å²) in [7, 11) is 0. The van der Waals surface area contributed by atoms with Gasteiger partial charge in [0, 0.05) is 5.92 Å². The molecule has 0 atom stereocenters. The maximum atomic E-state index is 11.4. The molecule has 0 aliphatic heterocycles. The Morgan fingerprint density at radius 1 is 0.850 bits per heavy atom. The summed E-state index contributed by atoms with van der Waals surface area (Å²) in [4.78, 5) is 11.4. The van der Waals surface area contributed by atoms with Crippen molar-refractivity contribution in [2.24, 2.45) is 23.7 Å². The van der Waals surface area contributed by atoms with Gasteiger partial charge < -0.3 is 0 Å². The summed E-state index contributed by atoms with van der Waals surface area (Å²) in [6.45, 7) is 4.08. The lowest BCUT2D eigenvalue weighted by molar-refractivity contribution is -0.122. The Morgan fingerprint density at radius 3 is 1.90 bits per heavy atom. The SMILES string of the molecule is CCCCC[C@H]1CC[C@H](C2CCC(C(C)=O)CC2)CC1. The Kier molecular flexibility index (Phi) is 6.58. The summed E-state index contributed by atoms with van der Waals surface area (Å²) >= 11 is 0. The standard InChI is InChI=1S/C19H34O/c1-3-4-5-6-16-7-9-18(10-8-16)19-13-11-17(12-14-19)15(2)20/h16-19H,3-14H2,1-2H3/t16-,17?,18-,19?. The van der Waals surface area contributed by atoms with Crippen LogP contribution in [0.2, 0.25) is 0 Å². The zero-order valence-corrected chi connectivity index (χ0v) is 13.7. The molecule has 2 aliphatic rings. The van der Waals surface area contributed by atoms with Crippen LogP contribution >= 0.6 is 0 Å². The topological polar surface area (TPSA) is 17.1 Å². The molecule has 2 aliphatic carbocycles. The third-order valence-electron chi connectivity index (χ3n) is 6.12. The van der Waals surface area contributed by atoms with E-state index in [-0.39, 0.29) is 0 Å². The lowest BCUT2D eigenvalue weighted by Crippen LogP contribution is -2.27. The van der Waals surface area contributed by atoms with Gasteiger partial charge in [-0.3, -0.25) is 4.79 Å². The van der Waals surface area contributed by atoms with E-state index < -0.39 is 0 Å². The largest absolute Gasteiger partial charge is 0.300 e. The summed E-state index contributed by atoms with van der Waals surface area (Å²) in [5.41, 5.74) is 0. The normalized spacial score (nSPS) is 34.9. The quantitative estimate of drug-likeness (QED) is 0.564. The summed E-state index contributed by atoms with van der Waals surface area (Å²) in [5, 5.41) is 0. The van der Waals surface area contributed by atoms with Gasteiger partial charge in [-0.1, -0.05) is 45.4 Å². The third kappa shape index (κ3) is 4.60. The van der Waals surface area contributed by atoms with E-state index in [1.165, 1.54) is 77.0 Å². The van der Waals surface area contributed by atoms with Crippen molar-refractivity contribution in [3.63, 3.8) is 0 Å². The minimum atomic E-state index is 0.400.